The van der Waals surface area contributed by atoms with Gasteiger partial charge in [0.2, 0.25) is 0 Å². The van der Waals surface area contributed by atoms with Crippen LogP contribution in [0.15, 0.2) is 0 Å². The van der Waals surface area contributed by atoms with Gasteiger partial charge in [0.05, 0.1) is 0 Å². The average molecular weight is 174 g/mol. The van der Waals surface area contributed by atoms with Gasteiger partial charge in [0.15, 0.2) is 0 Å². The number of hydrogen-bond acceptors (Lipinski definition) is 2. The molecule has 0 heterocycles. The Hall–Kier alpha value is -0.0800. The molecule has 0 aromatic heterocycles. The van der Waals surface area contributed by atoms with Gasteiger partial charge in [-0.15, -0.1) is 0 Å². The molecule has 0 radical (unpaired) electrons. The zero-order valence-corrected chi connectivity index (χ0v) is 8.55. The molecule has 0 rings (SSSR count). The summed E-state index contributed by atoms with van der Waals surface area (Å²) in [5, 5.41) is 9.03. The highest BCUT2D eigenvalue weighted by molar-refractivity contribution is 4.60. The van der Waals surface area contributed by atoms with Crippen molar-refractivity contribution < 1.29 is 9.84 Å². The second-order valence-electron chi connectivity index (χ2n) is 3.81. The Bertz CT molecular complexity index is 91.8. The maximum absolute atomic E-state index is 9.03. The second kappa shape index (κ2) is 7.56. The third-order valence-electron chi connectivity index (χ3n) is 2.02. The summed E-state index contributed by atoms with van der Waals surface area (Å²) in [6.45, 7) is 5.52. The lowest BCUT2D eigenvalue weighted by Crippen LogP contribution is -2.10. The van der Waals surface area contributed by atoms with Crippen LogP contribution in [-0.4, -0.2) is 25.4 Å². The van der Waals surface area contributed by atoms with Crippen molar-refractivity contribution >= 4 is 0 Å². The molecule has 0 aliphatic rings. The molecule has 0 fully saturated rings. The Morgan fingerprint density at radius 3 is 2.42 bits per heavy atom. The molecule has 0 saturated carbocycles. The van der Waals surface area contributed by atoms with Crippen molar-refractivity contribution in [2.45, 2.75) is 33.1 Å². The van der Waals surface area contributed by atoms with E-state index in [1.54, 1.807) is 7.11 Å². The van der Waals surface area contributed by atoms with Crippen LogP contribution in [0.5, 0.6) is 0 Å². The normalized spacial score (nSPS) is 13.8. The molecule has 0 aliphatic carbocycles. The predicted molar refractivity (Wildman–Crippen MR) is 51.1 cm³/mol. The fourth-order valence-corrected chi connectivity index (χ4v) is 1.47. The van der Waals surface area contributed by atoms with E-state index >= 15 is 0 Å². The summed E-state index contributed by atoms with van der Waals surface area (Å²) in [6.07, 6.45) is 3.27. The molecular weight excluding hydrogens is 152 g/mol. The minimum absolute atomic E-state index is 0.321. The Morgan fingerprint density at radius 1 is 1.33 bits per heavy atom. The quantitative estimate of drug-likeness (QED) is 0.599. The van der Waals surface area contributed by atoms with Gasteiger partial charge in [-0.2, -0.15) is 0 Å². The molecule has 0 bridgehead atoms. The number of methoxy groups -OCH3 is 1. The zero-order valence-electron chi connectivity index (χ0n) is 8.55. The van der Waals surface area contributed by atoms with Gasteiger partial charge in [0.1, 0.15) is 0 Å². The molecule has 1 N–H and O–H groups in total. The number of aliphatic hydroxyl groups is 1. The molecule has 0 saturated heterocycles. The van der Waals surface area contributed by atoms with E-state index in [-0.39, 0.29) is 0 Å². The number of rotatable bonds is 7. The van der Waals surface area contributed by atoms with Gasteiger partial charge in [-0.1, -0.05) is 13.8 Å². The van der Waals surface area contributed by atoms with E-state index in [1.165, 1.54) is 0 Å². The summed E-state index contributed by atoms with van der Waals surface area (Å²) in [5.41, 5.74) is 0. The van der Waals surface area contributed by atoms with Crippen molar-refractivity contribution in [3.05, 3.63) is 0 Å². The Kier molecular flexibility index (Phi) is 7.51. The van der Waals surface area contributed by atoms with E-state index in [1.807, 2.05) is 0 Å². The van der Waals surface area contributed by atoms with Gasteiger partial charge in [-0.3, -0.25) is 0 Å². The highest BCUT2D eigenvalue weighted by Gasteiger charge is 2.08. The van der Waals surface area contributed by atoms with Crippen LogP contribution >= 0.6 is 0 Å². The van der Waals surface area contributed by atoms with E-state index in [4.69, 9.17) is 9.84 Å². The van der Waals surface area contributed by atoms with Gasteiger partial charge in [0.25, 0.3) is 0 Å². The van der Waals surface area contributed by atoms with Gasteiger partial charge in [-0.25, -0.2) is 0 Å². The Balaban J connectivity index is 3.39. The summed E-state index contributed by atoms with van der Waals surface area (Å²) in [5.74, 6) is 1.16. The predicted octanol–water partition coefficient (Wildman–Crippen LogP) is 2.07. The maximum atomic E-state index is 9.03. The van der Waals surface area contributed by atoms with Crippen LogP contribution in [-0.2, 0) is 4.74 Å². The first kappa shape index (κ1) is 11.9. The number of aliphatic hydroxyl groups excluding tert-OH is 1. The van der Waals surface area contributed by atoms with Crippen LogP contribution in [0.25, 0.3) is 0 Å². The Labute approximate surface area is 75.9 Å². The van der Waals surface area contributed by atoms with Crippen LogP contribution < -0.4 is 0 Å². The van der Waals surface area contributed by atoms with Crippen molar-refractivity contribution in [3.8, 4) is 0 Å². The lowest BCUT2D eigenvalue weighted by molar-refractivity contribution is 0.160. The van der Waals surface area contributed by atoms with Gasteiger partial charge < -0.3 is 9.84 Å². The van der Waals surface area contributed by atoms with E-state index in [9.17, 15) is 0 Å². The van der Waals surface area contributed by atoms with E-state index in [0.717, 1.165) is 25.9 Å². The first-order valence-corrected chi connectivity index (χ1v) is 4.80. The molecule has 2 heteroatoms. The van der Waals surface area contributed by atoms with Gasteiger partial charge in [-0.05, 0) is 31.1 Å². The van der Waals surface area contributed by atoms with Crippen molar-refractivity contribution in [1.82, 2.24) is 0 Å². The standard InChI is InChI=1S/C10H22O2/c1-9(2)7-10(8-11)5-4-6-12-3/h9-11H,4-8H2,1-3H3. The summed E-state index contributed by atoms with van der Waals surface area (Å²) in [4.78, 5) is 0. The smallest absolute Gasteiger partial charge is 0.0462 e. The van der Waals surface area contributed by atoms with Crippen molar-refractivity contribution in [1.29, 1.82) is 0 Å². The molecule has 2 nitrogen and oxygen atoms in total. The van der Waals surface area contributed by atoms with E-state index < -0.39 is 0 Å². The summed E-state index contributed by atoms with van der Waals surface area (Å²) >= 11 is 0. The first-order valence-electron chi connectivity index (χ1n) is 4.80. The highest BCUT2D eigenvalue weighted by atomic mass is 16.5. The van der Waals surface area contributed by atoms with Crippen molar-refractivity contribution in [2.75, 3.05) is 20.3 Å². The molecule has 0 aromatic carbocycles. The van der Waals surface area contributed by atoms with Crippen LogP contribution in [0.1, 0.15) is 33.1 Å². The highest BCUT2D eigenvalue weighted by Crippen LogP contribution is 2.16. The maximum Gasteiger partial charge on any atom is 0.0462 e. The molecular formula is C10H22O2. The lowest BCUT2D eigenvalue weighted by Gasteiger charge is -2.15. The van der Waals surface area contributed by atoms with Crippen LogP contribution in [0.3, 0.4) is 0 Å². The van der Waals surface area contributed by atoms with Crippen LogP contribution in [0, 0.1) is 11.8 Å². The summed E-state index contributed by atoms with van der Waals surface area (Å²) in [7, 11) is 1.72. The molecule has 74 valence electrons. The molecule has 0 aromatic rings. The SMILES string of the molecule is COCCCC(CO)CC(C)C. The molecule has 1 unspecified atom stereocenters. The summed E-state index contributed by atoms with van der Waals surface area (Å²) in [6, 6.07) is 0. The fourth-order valence-electron chi connectivity index (χ4n) is 1.47. The monoisotopic (exact) mass is 174 g/mol. The van der Waals surface area contributed by atoms with Crippen molar-refractivity contribution in [2.24, 2.45) is 11.8 Å². The molecule has 0 spiro atoms. The molecule has 0 amide bonds. The average Bonchev–Trinajstić information content (AvgIpc) is 2.02. The van der Waals surface area contributed by atoms with E-state index in [2.05, 4.69) is 13.8 Å². The fraction of sp³-hybridized carbons (Fsp3) is 1.00. The largest absolute Gasteiger partial charge is 0.396 e. The van der Waals surface area contributed by atoms with E-state index in [0.29, 0.717) is 18.4 Å². The number of hydrogen-bond donors (Lipinski definition) is 1. The molecule has 12 heavy (non-hydrogen) atoms. The minimum atomic E-state index is 0.321. The summed E-state index contributed by atoms with van der Waals surface area (Å²) < 4.78 is 4.96. The second-order valence-corrected chi connectivity index (χ2v) is 3.81. The van der Waals surface area contributed by atoms with Crippen molar-refractivity contribution in [3.63, 3.8) is 0 Å². The van der Waals surface area contributed by atoms with Gasteiger partial charge >= 0.3 is 0 Å². The van der Waals surface area contributed by atoms with Gasteiger partial charge in [0, 0.05) is 20.3 Å². The molecule has 0 aliphatic heterocycles. The first-order chi connectivity index (χ1) is 5.70. The third-order valence-corrected chi connectivity index (χ3v) is 2.02. The zero-order chi connectivity index (χ0) is 9.40. The van der Waals surface area contributed by atoms with Crippen LogP contribution in [0.2, 0.25) is 0 Å². The Morgan fingerprint density at radius 2 is 2.00 bits per heavy atom. The number of ether oxygens (including phenoxy) is 1. The molecule has 1 atom stereocenters. The lowest BCUT2D eigenvalue weighted by atomic mass is 9.94. The third kappa shape index (κ3) is 6.62. The topological polar surface area (TPSA) is 29.5 Å². The van der Waals surface area contributed by atoms with Crippen LogP contribution in [0.4, 0.5) is 0 Å². The minimum Gasteiger partial charge on any atom is -0.396 e.